The van der Waals surface area contributed by atoms with E-state index in [9.17, 15) is 4.79 Å². The largest absolute Gasteiger partial charge is 0.462 e. The van der Waals surface area contributed by atoms with Gasteiger partial charge in [0.25, 0.3) is 0 Å². The lowest BCUT2D eigenvalue weighted by molar-refractivity contribution is 0.0527. The molecule has 4 nitrogen and oxygen atoms in total. The number of hydrogen-bond acceptors (Lipinski definition) is 4. The van der Waals surface area contributed by atoms with Crippen molar-refractivity contribution in [3.8, 4) is 0 Å². The number of fused-ring (bicyclic) bond motifs is 2. The fourth-order valence-corrected chi connectivity index (χ4v) is 5.01. The van der Waals surface area contributed by atoms with Crippen LogP contribution in [0.15, 0.2) is 42.5 Å². The van der Waals surface area contributed by atoms with Gasteiger partial charge in [-0.15, -0.1) is 11.3 Å². The summed E-state index contributed by atoms with van der Waals surface area (Å²) in [6, 6.07) is 14.3. The number of carbonyl (C=O) groups excluding carboxylic acids is 1. The maximum Gasteiger partial charge on any atom is 0.341 e. The van der Waals surface area contributed by atoms with Crippen molar-refractivity contribution in [2.75, 3.05) is 17.2 Å². The van der Waals surface area contributed by atoms with E-state index in [1.807, 2.05) is 25.1 Å². The van der Waals surface area contributed by atoms with E-state index >= 15 is 0 Å². The maximum atomic E-state index is 12.5. The topological polar surface area (TPSA) is 50.4 Å². The summed E-state index contributed by atoms with van der Waals surface area (Å²) in [4.78, 5) is 13.7. The van der Waals surface area contributed by atoms with Crippen LogP contribution in [0.2, 0.25) is 0 Å². The molecule has 0 unspecified atom stereocenters. The zero-order chi connectivity index (χ0) is 18.8. The SMILES string of the molecule is CCOC(=O)c1c(NC(=S)Nc2ccc3ccccc3c2)sc2c1CCC2. The first-order valence-corrected chi connectivity index (χ1v) is 10.3. The van der Waals surface area contributed by atoms with Crippen molar-refractivity contribution in [1.29, 1.82) is 0 Å². The fraction of sp³-hybridized carbons (Fsp3) is 0.238. The molecule has 2 aromatic carbocycles. The molecule has 0 bridgehead atoms. The minimum absolute atomic E-state index is 0.270. The van der Waals surface area contributed by atoms with Crippen molar-refractivity contribution in [2.45, 2.75) is 26.2 Å². The highest BCUT2D eigenvalue weighted by atomic mass is 32.1. The molecule has 27 heavy (non-hydrogen) atoms. The molecule has 0 fully saturated rings. The Morgan fingerprint density at radius 2 is 1.96 bits per heavy atom. The van der Waals surface area contributed by atoms with Crippen LogP contribution >= 0.6 is 23.6 Å². The van der Waals surface area contributed by atoms with Gasteiger partial charge in [0.05, 0.1) is 12.2 Å². The Labute approximate surface area is 167 Å². The molecule has 1 aliphatic rings. The molecule has 1 aliphatic carbocycles. The predicted octanol–water partition coefficient (Wildman–Crippen LogP) is 5.38. The van der Waals surface area contributed by atoms with Gasteiger partial charge in [-0.25, -0.2) is 4.79 Å². The van der Waals surface area contributed by atoms with E-state index in [0.29, 0.717) is 17.3 Å². The monoisotopic (exact) mass is 396 g/mol. The van der Waals surface area contributed by atoms with Crippen LogP contribution in [0.1, 0.15) is 34.1 Å². The van der Waals surface area contributed by atoms with E-state index in [-0.39, 0.29) is 5.97 Å². The van der Waals surface area contributed by atoms with Crippen LogP contribution in [0.25, 0.3) is 10.8 Å². The first-order chi connectivity index (χ1) is 13.2. The number of esters is 1. The summed E-state index contributed by atoms with van der Waals surface area (Å²) in [5.41, 5.74) is 2.68. The molecule has 0 saturated heterocycles. The van der Waals surface area contributed by atoms with Gasteiger partial charge < -0.3 is 15.4 Å². The number of hydrogen-bond donors (Lipinski definition) is 2. The lowest BCUT2D eigenvalue weighted by atomic mass is 10.1. The zero-order valence-electron chi connectivity index (χ0n) is 15.0. The second kappa shape index (κ2) is 7.66. The first-order valence-electron chi connectivity index (χ1n) is 9.04. The van der Waals surface area contributed by atoms with E-state index in [2.05, 4.69) is 34.9 Å². The van der Waals surface area contributed by atoms with Crippen LogP contribution in [0.5, 0.6) is 0 Å². The van der Waals surface area contributed by atoms with Gasteiger partial charge >= 0.3 is 5.97 Å². The van der Waals surface area contributed by atoms with Gasteiger partial charge in [-0.2, -0.15) is 0 Å². The average Bonchev–Trinajstić information content (AvgIpc) is 3.22. The maximum absolute atomic E-state index is 12.5. The van der Waals surface area contributed by atoms with E-state index < -0.39 is 0 Å². The van der Waals surface area contributed by atoms with E-state index in [4.69, 9.17) is 17.0 Å². The molecule has 2 N–H and O–H groups in total. The lowest BCUT2D eigenvalue weighted by Crippen LogP contribution is -2.20. The van der Waals surface area contributed by atoms with Crippen molar-refractivity contribution in [3.63, 3.8) is 0 Å². The highest BCUT2D eigenvalue weighted by Crippen LogP contribution is 2.39. The molecule has 3 aromatic rings. The molecule has 1 heterocycles. The fourth-order valence-electron chi connectivity index (χ4n) is 3.44. The molecule has 0 saturated carbocycles. The zero-order valence-corrected chi connectivity index (χ0v) is 16.6. The standard InChI is InChI=1S/C21H20N2O2S2/c1-2-25-20(24)18-16-8-5-9-17(16)27-19(18)23-21(26)22-15-11-10-13-6-3-4-7-14(13)12-15/h3-4,6-7,10-12H,2,5,8-9H2,1H3,(H2,22,23,26). The smallest absolute Gasteiger partial charge is 0.341 e. The number of nitrogens with one attached hydrogen (secondary N) is 2. The summed E-state index contributed by atoms with van der Waals surface area (Å²) in [7, 11) is 0. The summed E-state index contributed by atoms with van der Waals surface area (Å²) in [6.07, 6.45) is 3.03. The molecule has 0 atom stereocenters. The number of ether oxygens (including phenoxy) is 1. The number of aryl methyl sites for hydroxylation is 1. The Kier molecular flexibility index (Phi) is 5.09. The summed E-state index contributed by atoms with van der Waals surface area (Å²) >= 11 is 7.10. The van der Waals surface area contributed by atoms with Crippen LogP contribution in [0.4, 0.5) is 10.7 Å². The number of thiophene rings is 1. The van der Waals surface area contributed by atoms with Gasteiger partial charge in [0, 0.05) is 10.6 Å². The second-order valence-corrected chi connectivity index (χ2v) is 7.94. The average molecular weight is 397 g/mol. The minimum Gasteiger partial charge on any atom is -0.462 e. The van der Waals surface area contributed by atoms with Crippen LogP contribution in [0, 0.1) is 0 Å². The molecule has 1 aromatic heterocycles. The van der Waals surface area contributed by atoms with Gasteiger partial charge in [0.15, 0.2) is 5.11 Å². The van der Waals surface area contributed by atoms with Crippen LogP contribution in [-0.2, 0) is 17.6 Å². The summed E-state index contributed by atoms with van der Waals surface area (Å²) < 4.78 is 5.26. The van der Waals surface area contributed by atoms with E-state index in [1.165, 1.54) is 10.3 Å². The molecule has 6 heteroatoms. The molecule has 4 rings (SSSR count). The quantitative estimate of drug-likeness (QED) is 0.458. The van der Waals surface area contributed by atoms with Crippen molar-refractivity contribution in [2.24, 2.45) is 0 Å². The number of anilines is 2. The number of benzene rings is 2. The van der Waals surface area contributed by atoms with Gasteiger partial charge in [0.1, 0.15) is 5.00 Å². The van der Waals surface area contributed by atoms with Crippen molar-refractivity contribution < 1.29 is 9.53 Å². The Morgan fingerprint density at radius 1 is 1.15 bits per heavy atom. The Balaban J connectivity index is 1.54. The number of thiocarbonyl (C=S) groups is 1. The second-order valence-electron chi connectivity index (χ2n) is 6.42. The normalized spacial score (nSPS) is 12.6. The molecule has 0 amide bonds. The van der Waals surface area contributed by atoms with Crippen molar-refractivity contribution in [3.05, 3.63) is 58.5 Å². The van der Waals surface area contributed by atoms with Crippen LogP contribution in [-0.4, -0.2) is 17.7 Å². The van der Waals surface area contributed by atoms with Crippen LogP contribution in [0.3, 0.4) is 0 Å². The molecular formula is C21H20N2O2S2. The summed E-state index contributed by atoms with van der Waals surface area (Å²) in [5.74, 6) is -0.270. The number of rotatable bonds is 4. The summed E-state index contributed by atoms with van der Waals surface area (Å²) in [5, 5.41) is 10.0. The highest BCUT2D eigenvalue weighted by Gasteiger charge is 2.27. The highest BCUT2D eigenvalue weighted by molar-refractivity contribution is 7.80. The third kappa shape index (κ3) is 3.68. The third-order valence-electron chi connectivity index (χ3n) is 4.64. The molecular weight excluding hydrogens is 376 g/mol. The number of carbonyl (C=O) groups is 1. The van der Waals surface area contributed by atoms with Crippen LogP contribution < -0.4 is 10.6 Å². The summed E-state index contributed by atoms with van der Waals surface area (Å²) in [6.45, 7) is 2.19. The van der Waals surface area contributed by atoms with Gasteiger partial charge in [-0.3, -0.25) is 0 Å². The molecule has 0 aliphatic heterocycles. The lowest BCUT2D eigenvalue weighted by Gasteiger charge is -2.12. The van der Waals surface area contributed by atoms with Crippen molar-refractivity contribution >= 4 is 56.1 Å². The van der Waals surface area contributed by atoms with Crippen molar-refractivity contribution in [1.82, 2.24) is 0 Å². The Morgan fingerprint density at radius 3 is 2.78 bits per heavy atom. The van der Waals surface area contributed by atoms with Gasteiger partial charge in [-0.1, -0.05) is 30.3 Å². The van der Waals surface area contributed by atoms with E-state index in [0.717, 1.165) is 40.9 Å². The van der Waals surface area contributed by atoms with Gasteiger partial charge in [-0.05, 0) is 66.9 Å². The first kappa shape index (κ1) is 17.9. The molecule has 0 radical (unpaired) electrons. The van der Waals surface area contributed by atoms with E-state index in [1.54, 1.807) is 11.3 Å². The molecule has 138 valence electrons. The third-order valence-corrected chi connectivity index (χ3v) is 6.05. The Hall–Kier alpha value is -2.44. The Bertz CT molecular complexity index is 1030. The molecule has 0 spiro atoms. The predicted molar refractivity (Wildman–Crippen MR) is 116 cm³/mol. The minimum atomic E-state index is -0.270. The van der Waals surface area contributed by atoms with Gasteiger partial charge in [0.2, 0.25) is 0 Å².